The Morgan fingerprint density at radius 1 is 1.50 bits per heavy atom. The quantitative estimate of drug-likeness (QED) is 0.335. The Kier molecular flexibility index (Phi) is 4.39. The molecule has 0 spiro atoms. The van der Waals surface area contributed by atoms with Crippen LogP contribution in [0.15, 0.2) is 29.4 Å². The molecule has 6 nitrogen and oxygen atoms in total. The molecule has 1 aliphatic rings. The van der Waals surface area contributed by atoms with Gasteiger partial charge in [-0.25, -0.2) is 9.18 Å². The lowest BCUT2D eigenvalue weighted by molar-refractivity contribution is 0.183. The van der Waals surface area contributed by atoms with Crippen LogP contribution in [0.5, 0.6) is 0 Å². The summed E-state index contributed by atoms with van der Waals surface area (Å²) in [6.45, 7) is 0.516. The van der Waals surface area contributed by atoms with Gasteiger partial charge in [-0.15, -0.1) is 0 Å². The molecule has 0 saturated carbocycles. The zero-order valence-corrected chi connectivity index (χ0v) is 10.9. The van der Waals surface area contributed by atoms with Gasteiger partial charge in [-0.3, -0.25) is 0 Å². The second-order valence-electron chi connectivity index (χ2n) is 4.67. The van der Waals surface area contributed by atoms with Crippen LogP contribution in [0.4, 0.5) is 14.9 Å². The van der Waals surface area contributed by atoms with Gasteiger partial charge in [0.15, 0.2) is 5.84 Å². The number of carbonyl (C=O) groups excluding carboxylic acids is 1. The third kappa shape index (κ3) is 3.17. The van der Waals surface area contributed by atoms with Gasteiger partial charge >= 0.3 is 6.03 Å². The Labute approximate surface area is 116 Å². The van der Waals surface area contributed by atoms with Gasteiger partial charge in [-0.2, -0.15) is 0 Å². The lowest BCUT2D eigenvalue weighted by Gasteiger charge is -2.34. The maximum Gasteiger partial charge on any atom is 0.322 e. The van der Waals surface area contributed by atoms with E-state index >= 15 is 0 Å². The van der Waals surface area contributed by atoms with E-state index in [0.717, 1.165) is 12.8 Å². The molecule has 20 heavy (non-hydrogen) atoms. The summed E-state index contributed by atoms with van der Waals surface area (Å²) in [5.41, 5.74) is 5.99. The molecule has 2 amide bonds. The van der Waals surface area contributed by atoms with E-state index in [2.05, 4.69) is 10.5 Å². The number of likely N-dealkylation sites (tertiary alicyclic amines) is 1. The number of amides is 2. The van der Waals surface area contributed by atoms with Crippen LogP contribution in [-0.4, -0.2) is 34.6 Å². The average molecular weight is 280 g/mol. The van der Waals surface area contributed by atoms with Crippen molar-refractivity contribution in [3.8, 4) is 0 Å². The zero-order chi connectivity index (χ0) is 14.5. The maximum atomic E-state index is 13.1. The molecule has 1 aromatic rings. The summed E-state index contributed by atoms with van der Waals surface area (Å²) < 4.78 is 13.1. The number of halogens is 1. The number of oxime groups is 1. The van der Waals surface area contributed by atoms with E-state index in [-0.39, 0.29) is 11.9 Å². The van der Waals surface area contributed by atoms with Gasteiger partial charge < -0.3 is 21.2 Å². The lowest BCUT2D eigenvalue weighted by atomic mass is 10.0. The van der Waals surface area contributed by atoms with Crippen molar-refractivity contribution in [2.45, 2.75) is 25.3 Å². The molecule has 1 fully saturated rings. The normalized spacial score (nSPS) is 19.8. The van der Waals surface area contributed by atoms with E-state index in [9.17, 15) is 9.18 Å². The smallest absolute Gasteiger partial charge is 0.322 e. The predicted octanol–water partition coefficient (Wildman–Crippen LogP) is 1.96. The summed E-state index contributed by atoms with van der Waals surface area (Å²) >= 11 is 0. The third-order valence-electron chi connectivity index (χ3n) is 3.30. The molecule has 7 heteroatoms. The van der Waals surface area contributed by atoms with Crippen molar-refractivity contribution < 1.29 is 14.4 Å². The second-order valence-corrected chi connectivity index (χ2v) is 4.67. The highest BCUT2D eigenvalue weighted by atomic mass is 19.1. The SMILES string of the molecule is NC(=NO)C1CCCCN1C(=O)Nc1cccc(F)c1. The zero-order valence-electron chi connectivity index (χ0n) is 10.9. The summed E-state index contributed by atoms with van der Waals surface area (Å²) in [7, 11) is 0. The van der Waals surface area contributed by atoms with E-state index in [1.807, 2.05) is 0 Å². The first-order chi connectivity index (χ1) is 9.61. The molecule has 1 aliphatic heterocycles. The van der Waals surface area contributed by atoms with Crippen LogP contribution in [0.2, 0.25) is 0 Å². The van der Waals surface area contributed by atoms with E-state index in [0.29, 0.717) is 18.7 Å². The molecule has 1 aromatic carbocycles. The minimum atomic E-state index is -0.428. The first kappa shape index (κ1) is 14.1. The number of nitrogens with two attached hydrogens (primary N) is 1. The standard InChI is InChI=1S/C13H17FN4O2/c14-9-4-3-5-10(8-9)16-13(19)18-7-2-1-6-11(18)12(15)17-20/h3-5,8,11,20H,1-2,6-7H2,(H2,15,17)(H,16,19). The molecular weight excluding hydrogens is 263 g/mol. The molecule has 1 heterocycles. The average Bonchev–Trinajstić information content (AvgIpc) is 2.46. The molecule has 108 valence electrons. The number of amidine groups is 1. The summed E-state index contributed by atoms with van der Waals surface area (Å²) in [5.74, 6) is -0.409. The molecule has 1 unspecified atom stereocenters. The van der Waals surface area contributed by atoms with Crippen LogP contribution in [0.1, 0.15) is 19.3 Å². The first-order valence-electron chi connectivity index (χ1n) is 6.42. The first-order valence-corrected chi connectivity index (χ1v) is 6.42. The van der Waals surface area contributed by atoms with E-state index in [1.54, 1.807) is 6.07 Å². The Balaban J connectivity index is 2.10. The number of hydrogen-bond acceptors (Lipinski definition) is 3. The van der Waals surface area contributed by atoms with Crippen LogP contribution in [0.25, 0.3) is 0 Å². The van der Waals surface area contributed by atoms with E-state index in [4.69, 9.17) is 10.9 Å². The van der Waals surface area contributed by atoms with Crippen molar-refractivity contribution >= 4 is 17.6 Å². The second kappa shape index (κ2) is 6.23. The van der Waals surface area contributed by atoms with Crippen LogP contribution >= 0.6 is 0 Å². The minimum absolute atomic E-state index is 0.0130. The number of anilines is 1. The summed E-state index contributed by atoms with van der Waals surface area (Å²) in [6.07, 6.45) is 2.41. The predicted molar refractivity (Wildman–Crippen MR) is 73.2 cm³/mol. The molecule has 4 N–H and O–H groups in total. The number of piperidine rings is 1. The fourth-order valence-corrected chi connectivity index (χ4v) is 2.31. The number of nitrogens with one attached hydrogen (secondary N) is 1. The fraction of sp³-hybridized carbons (Fsp3) is 0.385. The van der Waals surface area contributed by atoms with E-state index < -0.39 is 11.9 Å². The Hall–Kier alpha value is -2.31. The van der Waals surface area contributed by atoms with Gasteiger partial charge in [0.05, 0.1) is 6.04 Å². The van der Waals surface area contributed by atoms with E-state index in [1.165, 1.54) is 23.1 Å². The van der Waals surface area contributed by atoms with Gasteiger partial charge in [-0.1, -0.05) is 11.2 Å². The Morgan fingerprint density at radius 3 is 3.00 bits per heavy atom. The Morgan fingerprint density at radius 2 is 2.30 bits per heavy atom. The van der Waals surface area contributed by atoms with Gasteiger partial charge in [0.2, 0.25) is 0 Å². The van der Waals surface area contributed by atoms with Gasteiger partial charge in [0.1, 0.15) is 5.82 Å². The number of nitrogens with zero attached hydrogens (tertiary/aromatic N) is 2. The van der Waals surface area contributed by atoms with Crippen molar-refractivity contribution in [3.63, 3.8) is 0 Å². The van der Waals surface area contributed by atoms with Gasteiger partial charge in [-0.05, 0) is 37.5 Å². The topological polar surface area (TPSA) is 91.0 Å². The highest BCUT2D eigenvalue weighted by Crippen LogP contribution is 2.19. The molecule has 2 rings (SSSR count). The molecule has 1 atom stereocenters. The molecule has 1 saturated heterocycles. The van der Waals surface area contributed by atoms with Gasteiger partial charge in [0.25, 0.3) is 0 Å². The third-order valence-corrected chi connectivity index (χ3v) is 3.30. The number of hydrogen-bond donors (Lipinski definition) is 3. The van der Waals surface area contributed by atoms with Crippen molar-refractivity contribution in [1.82, 2.24) is 4.90 Å². The number of rotatable bonds is 2. The van der Waals surface area contributed by atoms with Crippen molar-refractivity contribution in [2.75, 3.05) is 11.9 Å². The minimum Gasteiger partial charge on any atom is -0.409 e. The van der Waals surface area contributed by atoms with Crippen molar-refractivity contribution in [2.24, 2.45) is 10.9 Å². The summed E-state index contributed by atoms with van der Waals surface area (Å²) in [4.78, 5) is 13.7. The number of urea groups is 1. The lowest BCUT2D eigenvalue weighted by Crippen LogP contribution is -2.52. The largest absolute Gasteiger partial charge is 0.409 e. The van der Waals surface area contributed by atoms with Crippen LogP contribution < -0.4 is 11.1 Å². The van der Waals surface area contributed by atoms with Crippen molar-refractivity contribution in [1.29, 1.82) is 0 Å². The molecule has 0 aromatic heterocycles. The molecule has 0 aliphatic carbocycles. The monoisotopic (exact) mass is 280 g/mol. The summed E-state index contributed by atoms with van der Waals surface area (Å²) in [6, 6.07) is 4.84. The van der Waals surface area contributed by atoms with Crippen LogP contribution in [0.3, 0.4) is 0 Å². The Bertz CT molecular complexity index is 521. The van der Waals surface area contributed by atoms with Crippen LogP contribution in [0, 0.1) is 5.82 Å². The molecule has 0 bridgehead atoms. The highest BCUT2D eigenvalue weighted by Gasteiger charge is 2.29. The van der Waals surface area contributed by atoms with Gasteiger partial charge in [0, 0.05) is 12.2 Å². The summed E-state index contributed by atoms with van der Waals surface area (Å²) in [5, 5.41) is 14.4. The van der Waals surface area contributed by atoms with Crippen LogP contribution in [-0.2, 0) is 0 Å². The fourth-order valence-electron chi connectivity index (χ4n) is 2.31. The molecule has 0 radical (unpaired) electrons. The number of carbonyl (C=O) groups is 1. The molecular formula is C13H17FN4O2. The highest BCUT2D eigenvalue weighted by molar-refractivity contribution is 5.95. The maximum absolute atomic E-state index is 13.1. The number of benzene rings is 1. The van der Waals surface area contributed by atoms with Crippen molar-refractivity contribution in [3.05, 3.63) is 30.1 Å².